The van der Waals surface area contributed by atoms with Crippen molar-refractivity contribution in [3.8, 4) is 11.4 Å². The van der Waals surface area contributed by atoms with Crippen molar-refractivity contribution in [2.45, 2.75) is 70.8 Å². The number of unbranched alkanes of at least 4 members (excludes halogenated alkanes) is 5. The highest BCUT2D eigenvalue weighted by atomic mass is 35.5. The molecule has 0 aliphatic carbocycles. The second-order valence-corrected chi connectivity index (χ2v) is 7.41. The number of hydrogen-bond acceptors (Lipinski definition) is 4. The van der Waals surface area contributed by atoms with Gasteiger partial charge in [0, 0.05) is 12.1 Å². The molecule has 7 heteroatoms. The highest BCUT2D eigenvalue weighted by molar-refractivity contribution is 5.85. The van der Waals surface area contributed by atoms with E-state index in [2.05, 4.69) is 35.3 Å². The fourth-order valence-corrected chi connectivity index (χ4v) is 3.77. The van der Waals surface area contributed by atoms with Gasteiger partial charge in [-0.25, -0.2) is 0 Å². The zero-order valence-electron chi connectivity index (χ0n) is 16.7. The van der Waals surface area contributed by atoms with E-state index in [-0.39, 0.29) is 24.4 Å². The molecule has 28 heavy (non-hydrogen) atoms. The lowest BCUT2D eigenvalue weighted by Crippen LogP contribution is -2.35. The number of aryl methyl sites for hydroxylation is 1. The third-order valence-corrected chi connectivity index (χ3v) is 5.29. The summed E-state index contributed by atoms with van der Waals surface area (Å²) in [5.41, 5.74) is 7.97. The molecule has 0 amide bonds. The Morgan fingerprint density at radius 1 is 1.25 bits per heavy atom. The molecule has 2 aromatic rings. The Bertz CT molecular complexity index is 748. The third-order valence-electron chi connectivity index (χ3n) is 5.29. The van der Waals surface area contributed by atoms with E-state index in [4.69, 9.17) is 15.7 Å². The molecule has 0 radical (unpaired) electrons. The van der Waals surface area contributed by atoms with Gasteiger partial charge in [0.25, 0.3) is 0 Å². The molecule has 1 aromatic carbocycles. The number of guanidine groups is 1. The van der Waals surface area contributed by atoms with Crippen LogP contribution >= 0.6 is 12.4 Å². The number of rotatable bonds is 9. The van der Waals surface area contributed by atoms with Crippen LogP contribution in [0.1, 0.15) is 75.8 Å². The maximum absolute atomic E-state index is 7.70. The van der Waals surface area contributed by atoms with Gasteiger partial charge in [-0.15, -0.1) is 12.4 Å². The van der Waals surface area contributed by atoms with Crippen LogP contribution in [-0.4, -0.2) is 27.5 Å². The fourth-order valence-electron chi connectivity index (χ4n) is 3.77. The molecule has 0 spiro atoms. The molecule has 1 aliphatic rings. The van der Waals surface area contributed by atoms with Gasteiger partial charge in [0.05, 0.1) is 0 Å². The molecule has 1 aliphatic heterocycles. The molecule has 1 saturated heterocycles. The lowest BCUT2D eigenvalue weighted by atomic mass is 10.0. The molecule has 1 atom stereocenters. The molecule has 0 bridgehead atoms. The number of nitrogens with zero attached hydrogens (tertiary/aromatic N) is 3. The quantitative estimate of drug-likeness (QED) is 0.344. The van der Waals surface area contributed by atoms with Crippen molar-refractivity contribution in [2.24, 2.45) is 5.73 Å². The van der Waals surface area contributed by atoms with Crippen LogP contribution in [0.2, 0.25) is 0 Å². The van der Waals surface area contributed by atoms with Crippen molar-refractivity contribution in [3.05, 3.63) is 35.7 Å². The van der Waals surface area contributed by atoms with Gasteiger partial charge in [-0.2, -0.15) is 4.98 Å². The topological polar surface area (TPSA) is 92.0 Å². The predicted octanol–water partition coefficient (Wildman–Crippen LogP) is 5.09. The summed E-state index contributed by atoms with van der Waals surface area (Å²) in [6.07, 6.45) is 10.8. The molecular formula is C21H32ClN5O. The Kier molecular flexibility index (Phi) is 8.77. The maximum Gasteiger partial charge on any atom is 0.249 e. The van der Waals surface area contributed by atoms with Crippen molar-refractivity contribution in [3.63, 3.8) is 0 Å². The van der Waals surface area contributed by atoms with Crippen LogP contribution in [0.4, 0.5) is 0 Å². The average molecular weight is 406 g/mol. The van der Waals surface area contributed by atoms with Gasteiger partial charge in [-0.1, -0.05) is 62.4 Å². The number of aromatic nitrogens is 2. The molecule has 1 aromatic heterocycles. The van der Waals surface area contributed by atoms with Crippen molar-refractivity contribution in [2.75, 3.05) is 6.54 Å². The molecule has 1 unspecified atom stereocenters. The lowest BCUT2D eigenvalue weighted by molar-refractivity contribution is 0.283. The number of likely N-dealkylation sites (tertiary alicyclic amines) is 1. The van der Waals surface area contributed by atoms with Gasteiger partial charge < -0.3 is 15.2 Å². The molecule has 1 fully saturated rings. The van der Waals surface area contributed by atoms with Crippen molar-refractivity contribution >= 4 is 18.4 Å². The summed E-state index contributed by atoms with van der Waals surface area (Å²) in [6, 6.07) is 8.35. The van der Waals surface area contributed by atoms with Crippen LogP contribution in [0.3, 0.4) is 0 Å². The fraction of sp³-hybridized carbons (Fsp3) is 0.571. The first-order valence-corrected chi connectivity index (χ1v) is 10.2. The smallest absolute Gasteiger partial charge is 0.249 e. The first-order chi connectivity index (χ1) is 13.2. The van der Waals surface area contributed by atoms with E-state index >= 15 is 0 Å². The molecular weight excluding hydrogens is 374 g/mol. The van der Waals surface area contributed by atoms with E-state index in [1.54, 1.807) is 0 Å². The summed E-state index contributed by atoms with van der Waals surface area (Å²) < 4.78 is 5.50. The summed E-state index contributed by atoms with van der Waals surface area (Å²) in [4.78, 5) is 6.42. The third kappa shape index (κ3) is 5.71. The molecule has 154 valence electrons. The van der Waals surface area contributed by atoms with Gasteiger partial charge in [-0.05, 0) is 37.3 Å². The first kappa shape index (κ1) is 22.2. The summed E-state index contributed by atoms with van der Waals surface area (Å²) in [5.74, 6) is 1.24. The summed E-state index contributed by atoms with van der Waals surface area (Å²) >= 11 is 0. The summed E-state index contributed by atoms with van der Waals surface area (Å²) in [5, 5.41) is 11.9. The van der Waals surface area contributed by atoms with Crippen LogP contribution in [0, 0.1) is 5.41 Å². The highest BCUT2D eigenvalue weighted by Gasteiger charge is 2.31. The van der Waals surface area contributed by atoms with Crippen LogP contribution in [0.25, 0.3) is 11.4 Å². The van der Waals surface area contributed by atoms with E-state index in [0.717, 1.165) is 31.4 Å². The van der Waals surface area contributed by atoms with Gasteiger partial charge in [0.2, 0.25) is 11.7 Å². The second-order valence-electron chi connectivity index (χ2n) is 7.41. The molecule has 3 rings (SSSR count). The van der Waals surface area contributed by atoms with Gasteiger partial charge in [0.15, 0.2) is 5.96 Å². The van der Waals surface area contributed by atoms with E-state index in [1.165, 1.54) is 44.1 Å². The van der Waals surface area contributed by atoms with Crippen LogP contribution < -0.4 is 5.73 Å². The highest BCUT2D eigenvalue weighted by Crippen LogP contribution is 2.31. The standard InChI is InChI=1S/C21H31N5O.ClH/c1-2-3-4-5-6-7-10-16-11-8-12-17(15-16)19-24-20(27-25-19)18-13-9-14-26(18)21(22)23;/h8,11-12,15,18H,2-7,9-10,13-14H2,1H3,(H3,22,23);1H. The normalized spacial score (nSPS) is 16.2. The van der Waals surface area contributed by atoms with Crippen molar-refractivity contribution in [1.82, 2.24) is 15.0 Å². The van der Waals surface area contributed by atoms with Gasteiger partial charge >= 0.3 is 0 Å². The SMILES string of the molecule is CCCCCCCCc1cccc(-c2noc(C3CCCN3C(=N)N)n2)c1.Cl. The van der Waals surface area contributed by atoms with E-state index in [9.17, 15) is 0 Å². The average Bonchev–Trinajstić information content (AvgIpc) is 3.34. The Morgan fingerprint density at radius 2 is 2.04 bits per heavy atom. The van der Waals surface area contributed by atoms with E-state index < -0.39 is 0 Å². The maximum atomic E-state index is 7.70. The minimum absolute atomic E-state index is 0. The van der Waals surface area contributed by atoms with Crippen molar-refractivity contribution < 1.29 is 4.52 Å². The lowest BCUT2D eigenvalue weighted by Gasteiger charge is -2.21. The van der Waals surface area contributed by atoms with Gasteiger partial charge in [0.1, 0.15) is 6.04 Å². The molecule has 3 N–H and O–H groups in total. The van der Waals surface area contributed by atoms with Crippen molar-refractivity contribution in [1.29, 1.82) is 5.41 Å². The zero-order chi connectivity index (χ0) is 19.1. The zero-order valence-corrected chi connectivity index (χ0v) is 17.5. The Balaban J connectivity index is 0.00000280. The van der Waals surface area contributed by atoms with E-state index in [1.807, 2.05) is 11.0 Å². The molecule has 0 saturated carbocycles. The minimum Gasteiger partial charge on any atom is -0.370 e. The Hall–Kier alpha value is -2.08. The summed E-state index contributed by atoms with van der Waals surface area (Å²) in [6.45, 7) is 3.02. The Labute approximate surface area is 173 Å². The number of nitrogens with one attached hydrogen (secondary N) is 1. The first-order valence-electron chi connectivity index (χ1n) is 10.2. The molecule has 2 heterocycles. The van der Waals surface area contributed by atoms with Crippen LogP contribution in [0.5, 0.6) is 0 Å². The van der Waals surface area contributed by atoms with E-state index in [0.29, 0.717) is 11.7 Å². The predicted molar refractivity (Wildman–Crippen MR) is 115 cm³/mol. The van der Waals surface area contributed by atoms with Crippen LogP contribution in [0.15, 0.2) is 28.8 Å². The monoisotopic (exact) mass is 405 g/mol. The second kappa shape index (κ2) is 11.1. The number of hydrogen-bond donors (Lipinski definition) is 2. The number of benzene rings is 1. The minimum atomic E-state index is -0.0740. The largest absolute Gasteiger partial charge is 0.370 e. The number of nitrogens with two attached hydrogens (primary N) is 1. The Morgan fingerprint density at radius 3 is 2.82 bits per heavy atom. The van der Waals surface area contributed by atoms with Crippen LogP contribution in [-0.2, 0) is 6.42 Å². The number of halogens is 1. The summed E-state index contributed by atoms with van der Waals surface area (Å²) in [7, 11) is 0. The van der Waals surface area contributed by atoms with Gasteiger partial charge in [-0.3, -0.25) is 5.41 Å². The molecule has 6 nitrogen and oxygen atoms in total.